The van der Waals surface area contributed by atoms with Crippen LogP contribution in [0.15, 0.2) is 42.6 Å². The van der Waals surface area contributed by atoms with E-state index in [4.69, 9.17) is 0 Å². The first-order valence-corrected chi connectivity index (χ1v) is 8.88. The van der Waals surface area contributed by atoms with Gasteiger partial charge in [-0.1, -0.05) is 24.3 Å². The summed E-state index contributed by atoms with van der Waals surface area (Å²) in [5.41, 5.74) is 3.36. The molecule has 1 aromatic heterocycles. The van der Waals surface area contributed by atoms with Crippen molar-refractivity contribution in [3.8, 4) is 0 Å². The molecule has 5 heteroatoms. The predicted octanol–water partition coefficient (Wildman–Crippen LogP) is 2.83. The third kappa shape index (κ3) is 4.37. The maximum atomic E-state index is 12.0. The number of aromatic nitrogens is 1. The molecule has 0 unspecified atom stereocenters. The SMILES string of the molecule is CNC(=O)c1cccnc1NC1CCN(Cc2ccccc2C)CC1. The Kier molecular flexibility index (Phi) is 5.66. The minimum absolute atomic E-state index is 0.104. The molecule has 5 nitrogen and oxygen atoms in total. The monoisotopic (exact) mass is 338 g/mol. The smallest absolute Gasteiger partial charge is 0.254 e. The number of hydrogen-bond donors (Lipinski definition) is 2. The first kappa shape index (κ1) is 17.4. The lowest BCUT2D eigenvalue weighted by molar-refractivity contribution is 0.0963. The molecule has 0 aliphatic carbocycles. The molecule has 1 aromatic carbocycles. The molecular weight excluding hydrogens is 312 g/mol. The van der Waals surface area contributed by atoms with Crippen LogP contribution in [-0.4, -0.2) is 42.0 Å². The number of pyridine rings is 1. The van der Waals surface area contributed by atoms with Gasteiger partial charge in [0.05, 0.1) is 5.56 Å². The van der Waals surface area contributed by atoms with E-state index in [-0.39, 0.29) is 5.91 Å². The van der Waals surface area contributed by atoms with Crippen LogP contribution in [0.1, 0.15) is 34.3 Å². The van der Waals surface area contributed by atoms with Crippen LogP contribution >= 0.6 is 0 Å². The number of carbonyl (C=O) groups is 1. The largest absolute Gasteiger partial charge is 0.367 e. The number of likely N-dealkylation sites (tertiary alicyclic amines) is 1. The Morgan fingerprint density at radius 2 is 1.96 bits per heavy atom. The van der Waals surface area contributed by atoms with Crippen molar-refractivity contribution in [3.63, 3.8) is 0 Å². The lowest BCUT2D eigenvalue weighted by Crippen LogP contribution is -2.39. The Bertz CT molecular complexity index is 723. The van der Waals surface area contributed by atoms with E-state index in [1.165, 1.54) is 11.1 Å². The van der Waals surface area contributed by atoms with Crippen molar-refractivity contribution in [2.75, 3.05) is 25.5 Å². The number of carbonyl (C=O) groups excluding carboxylic acids is 1. The van der Waals surface area contributed by atoms with Gasteiger partial charge in [0.1, 0.15) is 5.82 Å². The highest BCUT2D eigenvalue weighted by Crippen LogP contribution is 2.20. The third-order valence-electron chi connectivity index (χ3n) is 4.86. The molecule has 1 saturated heterocycles. The standard InChI is InChI=1S/C20H26N4O/c1-15-6-3-4-7-16(15)14-24-12-9-17(10-13-24)23-19-18(20(25)21-2)8-5-11-22-19/h3-8,11,17H,9-10,12-14H2,1-2H3,(H,21,25)(H,22,23). The zero-order chi connectivity index (χ0) is 17.6. The molecule has 0 bridgehead atoms. The van der Waals surface area contributed by atoms with Crippen molar-refractivity contribution in [3.05, 3.63) is 59.3 Å². The second kappa shape index (κ2) is 8.12. The van der Waals surface area contributed by atoms with E-state index in [9.17, 15) is 4.79 Å². The van der Waals surface area contributed by atoms with E-state index < -0.39 is 0 Å². The Morgan fingerprint density at radius 1 is 1.20 bits per heavy atom. The van der Waals surface area contributed by atoms with E-state index in [0.717, 1.165) is 32.5 Å². The van der Waals surface area contributed by atoms with Crippen molar-refractivity contribution < 1.29 is 4.79 Å². The molecule has 1 aliphatic heterocycles. The average molecular weight is 338 g/mol. The first-order chi connectivity index (χ1) is 12.2. The zero-order valence-electron chi connectivity index (χ0n) is 15.0. The van der Waals surface area contributed by atoms with Gasteiger partial charge in [-0.05, 0) is 43.0 Å². The van der Waals surface area contributed by atoms with Crippen LogP contribution in [0.5, 0.6) is 0 Å². The highest BCUT2D eigenvalue weighted by Gasteiger charge is 2.21. The summed E-state index contributed by atoms with van der Waals surface area (Å²) in [5, 5.41) is 6.13. The molecular formula is C20H26N4O. The van der Waals surface area contributed by atoms with E-state index in [2.05, 4.69) is 51.7 Å². The van der Waals surface area contributed by atoms with Gasteiger partial charge in [-0.3, -0.25) is 9.69 Å². The van der Waals surface area contributed by atoms with Crippen molar-refractivity contribution in [1.29, 1.82) is 0 Å². The summed E-state index contributed by atoms with van der Waals surface area (Å²) in [5.74, 6) is 0.576. The molecule has 1 fully saturated rings. The molecule has 0 atom stereocenters. The predicted molar refractivity (Wildman–Crippen MR) is 101 cm³/mol. The maximum absolute atomic E-state index is 12.0. The van der Waals surface area contributed by atoms with Crippen LogP contribution < -0.4 is 10.6 Å². The summed E-state index contributed by atoms with van der Waals surface area (Å²) in [6.07, 6.45) is 3.83. The maximum Gasteiger partial charge on any atom is 0.254 e. The van der Waals surface area contributed by atoms with Crippen LogP contribution in [0.25, 0.3) is 0 Å². The van der Waals surface area contributed by atoms with E-state index in [1.54, 1.807) is 19.3 Å². The molecule has 2 heterocycles. The summed E-state index contributed by atoms with van der Waals surface area (Å²) in [6.45, 7) is 5.28. The van der Waals surface area contributed by atoms with E-state index in [0.29, 0.717) is 17.4 Å². The summed E-state index contributed by atoms with van der Waals surface area (Å²) < 4.78 is 0. The Labute approximate surface area is 149 Å². The lowest BCUT2D eigenvalue weighted by Gasteiger charge is -2.33. The van der Waals surface area contributed by atoms with Crippen molar-refractivity contribution in [2.24, 2.45) is 0 Å². The number of amides is 1. The zero-order valence-corrected chi connectivity index (χ0v) is 15.0. The average Bonchev–Trinajstić information content (AvgIpc) is 2.65. The molecule has 2 N–H and O–H groups in total. The number of rotatable bonds is 5. The topological polar surface area (TPSA) is 57.3 Å². The second-order valence-corrected chi connectivity index (χ2v) is 6.60. The summed E-state index contributed by atoms with van der Waals surface area (Å²) >= 11 is 0. The Balaban J connectivity index is 1.57. The van der Waals surface area contributed by atoms with Gasteiger partial charge in [-0.25, -0.2) is 4.98 Å². The molecule has 1 amide bonds. The molecule has 25 heavy (non-hydrogen) atoms. The molecule has 1 aliphatic rings. The highest BCUT2D eigenvalue weighted by molar-refractivity contribution is 5.98. The molecule has 0 spiro atoms. The quantitative estimate of drug-likeness (QED) is 0.880. The number of hydrogen-bond acceptors (Lipinski definition) is 4. The Hall–Kier alpha value is -2.40. The van der Waals surface area contributed by atoms with Gasteiger partial charge in [0, 0.05) is 38.9 Å². The molecule has 132 valence electrons. The summed E-state index contributed by atoms with van der Waals surface area (Å²) in [6, 6.07) is 12.5. The minimum Gasteiger partial charge on any atom is -0.367 e. The highest BCUT2D eigenvalue weighted by atomic mass is 16.1. The normalized spacial score (nSPS) is 15.8. The number of anilines is 1. The molecule has 0 radical (unpaired) electrons. The summed E-state index contributed by atoms with van der Waals surface area (Å²) in [7, 11) is 1.64. The molecule has 2 aromatic rings. The number of nitrogens with zero attached hydrogens (tertiary/aromatic N) is 2. The first-order valence-electron chi connectivity index (χ1n) is 8.88. The van der Waals surface area contributed by atoms with Gasteiger partial charge < -0.3 is 10.6 Å². The van der Waals surface area contributed by atoms with Gasteiger partial charge in [0.25, 0.3) is 5.91 Å². The van der Waals surface area contributed by atoms with Crippen molar-refractivity contribution in [1.82, 2.24) is 15.2 Å². The van der Waals surface area contributed by atoms with Gasteiger partial charge >= 0.3 is 0 Å². The van der Waals surface area contributed by atoms with E-state index in [1.807, 2.05) is 6.07 Å². The number of piperidine rings is 1. The third-order valence-corrected chi connectivity index (χ3v) is 4.86. The lowest BCUT2D eigenvalue weighted by atomic mass is 10.0. The summed E-state index contributed by atoms with van der Waals surface area (Å²) in [4.78, 5) is 18.8. The van der Waals surface area contributed by atoms with Crippen LogP contribution in [0, 0.1) is 6.92 Å². The number of benzene rings is 1. The number of aryl methyl sites for hydroxylation is 1. The van der Waals surface area contributed by atoms with Crippen LogP contribution in [-0.2, 0) is 6.54 Å². The van der Waals surface area contributed by atoms with Crippen molar-refractivity contribution in [2.45, 2.75) is 32.4 Å². The minimum atomic E-state index is -0.104. The fourth-order valence-corrected chi connectivity index (χ4v) is 3.30. The van der Waals surface area contributed by atoms with Crippen LogP contribution in [0.3, 0.4) is 0 Å². The fourth-order valence-electron chi connectivity index (χ4n) is 3.30. The number of nitrogens with one attached hydrogen (secondary N) is 2. The Morgan fingerprint density at radius 3 is 2.68 bits per heavy atom. The van der Waals surface area contributed by atoms with Gasteiger partial charge in [-0.15, -0.1) is 0 Å². The fraction of sp³-hybridized carbons (Fsp3) is 0.400. The molecule has 0 saturated carbocycles. The van der Waals surface area contributed by atoms with E-state index >= 15 is 0 Å². The van der Waals surface area contributed by atoms with Gasteiger partial charge in [0.2, 0.25) is 0 Å². The van der Waals surface area contributed by atoms with Gasteiger partial charge in [-0.2, -0.15) is 0 Å². The van der Waals surface area contributed by atoms with Gasteiger partial charge in [0.15, 0.2) is 0 Å². The second-order valence-electron chi connectivity index (χ2n) is 6.60. The van der Waals surface area contributed by atoms with Crippen LogP contribution in [0.4, 0.5) is 5.82 Å². The molecule has 3 rings (SSSR count). The van der Waals surface area contributed by atoms with Crippen molar-refractivity contribution >= 4 is 11.7 Å². The van der Waals surface area contributed by atoms with Crippen LogP contribution in [0.2, 0.25) is 0 Å².